The molecule has 0 saturated heterocycles. The van der Waals surface area contributed by atoms with Crippen molar-refractivity contribution in [3.05, 3.63) is 29.6 Å². The molecule has 1 heterocycles. The maximum atomic E-state index is 4.85. The molecule has 1 aromatic heterocycles. The second kappa shape index (κ2) is 7.39. The zero-order valence-electron chi connectivity index (χ0n) is 9.46. The highest BCUT2D eigenvalue weighted by Gasteiger charge is 1.92. The Morgan fingerprint density at radius 3 is 2.00 bits per heavy atom. The Morgan fingerprint density at radius 2 is 1.56 bits per heavy atom. The topological polar surface area (TPSA) is 56.1 Å². The second-order valence-electron chi connectivity index (χ2n) is 2.79. The van der Waals surface area contributed by atoms with Gasteiger partial charge in [0.25, 0.3) is 0 Å². The smallest absolute Gasteiger partial charge is 0.114 e. The summed E-state index contributed by atoms with van der Waals surface area (Å²) < 4.78 is 0. The standard InChI is InChI=1S/C11H15N3O2/c1-3-15-12-8-10-6-5-7-11(14-10)9-13-16-4-2/h5-9H,3-4H2,1-2H3. The number of hydrogen-bond acceptors (Lipinski definition) is 5. The number of oxime groups is 2. The van der Waals surface area contributed by atoms with Gasteiger partial charge >= 0.3 is 0 Å². The third-order valence-electron chi connectivity index (χ3n) is 1.57. The fourth-order valence-electron chi connectivity index (χ4n) is 0.944. The van der Waals surface area contributed by atoms with Gasteiger partial charge in [-0.25, -0.2) is 4.98 Å². The van der Waals surface area contributed by atoms with Crippen molar-refractivity contribution in [1.29, 1.82) is 0 Å². The third kappa shape index (κ3) is 4.54. The Bertz CT molecular complexity index is 333. The lowest BCUT2D eigenvalue weighted by atomic mass is 10.3. The molecule has 86 valence electrons. The van der Waals surface area contributed by atoms with Crippen LogP contribution in [0.1, 0.15) is 25.2 Å². The number of rotatable bonds is 6. The summed E-state index contributed by atoms with van der Waals surface area (Å²) in [5, 5.41) is 7.47. The van der Waals surface area contributed by atoms with E-state index in [2.05, 4.69) is 15.3 Å². The van der Waals surface area contributed by atoms with E-state index in [1.54, 1.807) is 12.4 Å². The van der Waals surface area contributed by atoms with Crippen molar-refractivity contribution in [1.82, 2.24) is 4.98 Å². The first-order valence-electron chi connectivity index (χ1n) is 5.14. The highest BCUT2D eigenvalue weighted by Crippen LogP contribution is 1.95. The van der Waals surface area contributed by atoms with Crippen LogP contribution in [0.15, 0.2) is 28.5 Å². The quantitative estimate of drug-likeness (QED) is 0.544. The van der Waals surface area contributed by atoms with E-state index in [1.807, 2.05) is 32.0 Å². The molecule has 0 aromatic carbocycles. The number of aromatic nitrogens is 1. The van der Waals surface area contributed by atoms with Crippen LogP contribution in [-0.4, -0.2) is 30.6 Å². The average Bonchev–Trinajstić information content (AvgIpc) is 2.30. The minimum atomic E-state index is 0.544. The first kappa shape index (κ1) is 12.2. The first-order valence-corrected chi connectivity index (χ1v) is 5.14. The number of pyridine rings is 1. The van der Waals surface area contributed by atoms with Gasteiger partial charge in [-0.2, -0.15) is 0 Å². The van der Waals surface area contributed by atoms with Crippen molar-refractivity contribution >= 4 is 12.4 Å². The maximum absolute atomic E-state index is 4.85. The molecule has 0 fully saturated rings. The van der Waals surface area contributed by atoms with Crippen molar-refractivity contribution < 1.29 is 9.68 Å². The van der Waals surface area contributed by atoms with Gasteiger partial charge in [0.15, 0.2) is 0 Å². The molecule has 0 aliphatic rings. The molecule has 1 rings (SSSR count). The Balaban J connectivity index is 2.63. The van der Waals surface area contributed by atoms with E-state index in [4.69, 9.17) is 9.68 Å². The molecule has 1 aromatic rings. The molecule has 0 aliphatic heterocycles. The molecular weight excluding hydrogens is 206 g/mol. The Hall–Kier alpha value is -1.91. The van der Waals surface area contributed by atoms with E-state index < -0.39 is 0 Å². The van der Waals surface area contributed by atoms with Crippen molar-refractivity contribution in [3.8, 4) is 0 Å². The van der Waals surface area contributed by atoms with Gasteiger partial charge in [-0.15, -0.1) is 0 Å². The van der Waals surface area contributed by atoms with Gasteiger partial charge in [0.2, 0.25) is 0 Å². The van der Waals surface area contributed by atoms with Crippen LogP contribution in [0.25, 0.3) is 0 Å². The molecule has 0 aliphatic carbocycles. The lowest BCUT2D eigenvalue weighted by molar-refractivity contribution is 0.160. The molecule has 0 amide bonds. The predicted molar refractivity (Wildman–Crippen MR) is 62.7 cm³/mol. The molecule has 0 saturated carbocycles. The first-order chi connectivity index (χ1) is 7.86. The summed E-state index contributed by atoms with van der Waals surface area (Å²) in [6.45, 7) is 4.83. The summed E-state index contributed by atoms with van der Waals surface area (Å²) in [5.41, 5.74) is 1.43. The largest absolute Gasteiger partial charge is 0.396 e. The SMILES string of the molecule is CCON=Cc1cccc(C=NOCC)n1. The lowest BCUT2D eigenvalue weighted by Crippen LogP contribution is -1.94. The monoisotopic (exact) mass is 221 g/mol. The second-order valence-corrected chi connectivity index (χ2v) is 2.79. The fourth-order valence-corrected chi connectivity index (χ4v) is 0.944. The summed E-state index contributed by atoms with van der Waals surface area (Å²) in [6, 6.07) is 5.54. The molecule has 0 bridgehead atoms. The van der Waals surface area contributed by atoms with Crippen LogP contribution in [0.2, 0.25) is 0 Å². The van der Waals surface area contributed by atoms with E-state index in [1.165, 1.54) is 0 Å². The highest BCUT2D eigenvalue weighted by molar-refractivity contribution is 5.81. The van der Waals surface area contributed by atoms with Crippen LogP contribution in [0.3, 0.4) is 0 Å². The summed E-state index contributed by atoms with van der Waals surface area (Å²) in [4.78, 5) is 14.0. The Labute approximate surface area is 94.8 Å². The van der Waals surface area contributed by atoms with Crippen molar-refractivity contribution in [2.45, 2.75) is 13.8 Å². The molecule has 5 heteroatoms. The lowest BCUT2D eigenvalue weighted by Gasteiger charge is -1.95. The van der Waals surface area contributed by atoms with Gasteiger partial charge in [0.05, 0.1) is 23.8 Å². The number of nitrogens with zero attached hydrogens (tertiary/aromatic N) is 3. The van der Waals surface area contributed by atoms with Crippen molar-refractivity contribution in [3.63, 3.8) is 0 Å². The van der Waals surface area contributed by atoms with Crippen LogP contribution in [0, 0.1) is 0 Å². The summed E-state index contributed by atoms with van der Waals surface area (Å²) in [7, 11) is 0. The van der Waals surface area contributed by atoms with E-state index >= 15 is 0 Å². The van der Waals surface area contributed by atoms with Crippen LogP contribution in [0.4, 0.5) is 0 Å². The third-order valence-corrected chi connectivity index (χ3v) is 1.57. The zero-order valence-corrected chi connectivity index (χ0v) is 9.46. The summed E-state index contributed by atoms with van der Waals surface area (Å²) >= 11 is 0. The van der Waals surface area contributed by atoms with Crippen molar-refractivity contribution in [2.24, 2.45) is 10.3 Å². The van der Waals surface area contributed by atoms with Gasteiger partial charge in [-0.05, 0) is 26.0 Å². The average molecular weight is 221 g/mol. The van der Waals surface area contributed by atoms with Crippen molar-refractivity contribution in [2.75, 3.05) is 13.2 Å². The molecule has 0 radical (unpaired) electrons. The minimum absolute atomic E-state index is 0.544. The highest BCUT2D eigenvalue weighted by atomic mass is 16.6. The fraction of sp³-hybridized carbons (Fsp3) is 0.364. The molecule has 0 spiro atoms. The van der Waals surface area contributed by atoms with Crippen LogP contribution < -0.4 is 0 Å². The van der Waals surface area contributed by atoms with E-state index in [-0.39, 0.29) is 0 Å². The Kier molecular flexibility index (Phi) is 5.62. The molecular formula is C11H15N3O2. The van der Waals surface area contributed by atoms with Gasteiger partial charge in [0.1, 0.15) is 13.2 Å². The summed E-state index contributed by atoms with van der Waals surface area (Å²) in [6.07, 6.45) is 3.11. The molecule has 0 unspecified atom stereocenters. The minimum Gasteiger partial charge on any atom is -0.396 e. The van der Waals surface area contributed by atoms with Crippen LogP contribution in [-0.2, 0) is 9.68 Å². The van der Waals surface area contributed by atoms with E-state index in [9.17, 15) is 0 Å². The summed E-state index contributed by atoms with van der Waals surface area (Å²) in [5.74, 6) is 0. The van der Waals surface area contributed by atoms with E-state index in [0.717, 1.165) is 0 Å². The maximum Gasteiger partial charge on any atom is 0.114 e. The number of hydrogen-bond donors (Lipinski definition) is 0. The Morgan fingerprint density at radius 1 is 1.06 bits per heavy atom. The zero-order chi connectivity index (χ0) is 11.6. The van der Waals surface area contributed by atoms with Gasteiger partial charge < -0.3 is 9.68 Å². The normalized spacial score (nSPS) is 11.1. The van der Waals surface area contributed by atoms with Gasteiger partial charge in [-0.1, -0.05) is 16.4 Å². The van der Waals surface area contributed by atoms with Gasteiger partial charge in [-0.3, -0.25) is 0 Å². The van der Waals surface area contributed by atoms with Crippen LogP contribution >= 0.6 is 0 Å². The predicted octanol–water partition coefficient (Wildman–Crippen LogP) is 1.82. The van der Waals surface area contributed by atoms with Gasteiger partial charge in [0, 0.05) is 0 Å². The van der Waals surface area contributed by atoms with Crippen LogP contribution in [0.5, 0.6) is 0 Å². The molecule has 16 heavy (non-hydrogen) atoms. The molecule has 0 N–H and O–H groups in total. The van der Waals surface area contributed by atoms with E-state index in [0.29, 0.717) is 24.6 Å². The molecule has 5 nitrogen and oxygen atoms in total. The molecule has 0 atom stereocenters.